The molecule has 0 atom stereocenters. The van der Waals surface area contributed by atoms with Crippen LogP contribution >= 0.6 is 27.3 Å². The molecule has 0 radical (unpaired) electrons. The molecule has 0 fully saturated rings. The van der Waals surface area contributed by atoms with Crippen molar-refractivity contribution in [3.8, 4) is 0 Å². The number of thiazole rings is 1. The summed E-state index contributed by atoms with van der Waals surface area (Å²) >= 11 is 5.27. The maximum Gasteiger partial charge on any atom is 0.114 e. The smallest absolute Gasteiger partial charge is 0.114 e. The Morgan fingerprint density at radius 2 is 2.28 bits per heavy atom. The average molecular weight is 322 g/mol. The monoisotopic (exact) mass is 321 g/mol. The fourth-order valence-electron chi connectivity index (χ4n) is 1.86. The Morgan fingerprint density at radius 3 is 3.00 bits per heavy atom. The molecule has 5 heteroatoms. The lowest BCUT2D eigenvalue weighted by Crippen LogP contribution is -1.95. The Labute approximate surface area is 118 Å². The van der Waals surface area contributed by atoms with Crippen LogP contribution in [0.1, 0.15) is 17.6 Å². The third-order valence-electron chi connectivity index (χ3n) is 2.78. The summed E-state index contributed by atoms with van der Waals surface area (Å²) in [5.74, 6) is 0. The summed E-state index contributed by atoms with van der Waals surface area (Å²) in [6.07, 6.45) is 4.93. The van der Waals surface area contributed by atoms with Gasteiger partial charge in [-0.3, -0.25) is 0 Å². The van der Waals surface area contributed by atoms with Gasteiger partial charge in [-0.15, -0.1) is 11.3 Å². The molecule has 0 saturated heterocycles. The van der Waals surface area contributed by atoms with Crippen LogP contribution in [0.3, 0.4) is 0 Å². The van der Waals surface area contributed by atoms with E-state index in [0.29, 0.717) is 0 Å². The first-order valence-corrected chi connectivity index (χ1v) is 7.42. The summed E-state index contributed by atoms with van der Waals surface area (Å²) in [7, 11) is 0. The number of nitrogens with zero attached hydrogens (tertiary/aromatic N) is 3. The minimum atomic E-state index is 0.790. The number of imidazole rings is 1. The lowest BCUT2D eigenvalue weighted by atomic mass is 10.3. The van der Waals surface area contributed by atoms with Gasteiger partial charge in [-0.2, -0.15) is 0 Å². The second-order valence-electron chi connectivity index (χ2n) is 4.09. The van der Waals surface area contributed by atoms with Gasteiger partial charge in [0.15, 0.2) is 0 Å². The van der Waals surface area contributed by atoms with Crippen LogP contribution in [0.5, 0.6) is 0 Å². The molecule has 0 unspecified atom stereocenters. The fourth-order valence-corrected chi connectivity index (χ4v) is 3.45. The third kappa shape index (κ3) is 2.20. The molecule has 0 amide bonds. The third-order valence-corrected chi connectivity index (χ3v) is 4.43. The van der Waals surface area contributed by atoms with Crippen molar-refractivity contribution in [2.45, 2.75) is 19.9 Å². The van der Waals surface area contributed by atoms with E-state index in [4.69, 9.17) is 0 Å². The number of aromatic nitrogens is 3. The normalized spacial score (nSPS) is 11.2. The summed E-state index contributed by atoms with van der Waals surface area (Å²) in [6, 6.07) is 6.17. The summed E-state index contributed by atoms with van der Waals surface area (Å²) < 4.78 is 4.36. The molecule has 0 saturated carbocycles. The van der Waals surface area contributed by atoms with Gasteiger partial charge in [-0.25, -0.2) is 9.97 Å². The molecular formula is C13H12BrN3S. The van der Waals surface area contributed by atoms with E-state index in [1.54, 1.807) is 11.3 Å². The van der Waals surface area contributed by atoms with Crippen LogP contribution in [-0.2, 0) is 13.0 Å². The number of benzene rings is 1. The van der Waals surface area contributed by atoms with Crippen molar-refractivity contribution in [1.29, 1.82) is 0 Å². The molecule has 18 heavy (non-hydrogen) atoms. The first-order chi connectivity index (χ1) is 8.76. The van der Waals surface area contributed by atoms with Crippen LogP contribution in [0, 0.1) is 0 Å². The Balaban J connectivity index is 1.93. The Bertz CT molecular complexity index is 686. The van der Waals surface area contributed by atoms with E-state index in [-0.39, 0.29) is 0 Å². The van der Waals surface area contributed by atoms with Gasteiger partial charge in [-0.05, 0) is 34.5 Å². The number of hydrogen-bond donors (Lipinski definition) is 0. The predicted molar refractivity (Wildman–Crippen MR) is 78.0 cm³/mol. The van der Waals surface area contributed by atoms with Crippen molar-refractivity contribution in [3.05, 3.63) is 45.9 Å². The van der Waals surface area contributed by atoms with Crippen molar-refractivity contribution < 1.29 is 0 Å². The molecule has 2 heterocycles. The molecule has 3 aromatic rings. The zero-order valence-electron chi connectivity index (χ0n) is 9.93. The van der Waals surface area contributed by atoms with Gasteiger partial charge in [0.05, 0.1) is 28.8 Å². The molecule has 1 aromatic carbocycles. The quantitative estimate of drug-likeness (QED) is 0.733. The molecule has 0 N–H and O–H groups in total. The van der Waals surface area contributed by atoms with Gasteiger partial charge in [0, 0.05) is 10.7 Å². The zero-order valence-corrected chi connectivity index (χ0v) is 12.3. The highest BCUT2D eigenvalue weighted by atomic mass is 79.9. The van der Waals surface area contributed by atoms with E-state index < -0.39 is 0 Å². The number of aryl methyl sites for hydroxylation is 1. The highest BCUT2D eigenvalue weighted by Crippen LogP contribution is 2.28. The van der Waals surface area contributed by atoms with Gasteiger partial charge in [0.25, 0.3) is 0 Å². The van der Waals surface area contributed by atoms with Crippen molar-refractivity contribution in [3.63, 3.8) is 0 Å². The van der Waals surface area contributed by atoms with E-state index in [1.165, 1.54) is 4.70 Å². The van der Waals surface area contributed by atoms with Crippen LogP contribution in [-0.4, -0.2) is 14.5 Å². The number of para-hydroxylation sites is 1. The van der Waals surface area contributed by atoms with E-state index in [1.807, 2.05) is 18.5 Å². The van der Waals surface area contributed by atoms with Crippen LogP contribution in [0.25, 0.3) is 10.2 Å². The minimum Gasteiger partial charge on any atom is -0.330 e. The van der Waals surface area contributed by atoms with E-state index >= 15 is 0 Å². The predicted octanol–water partition coefficient (Wildman–Crippen LogP) is 3.87. The Morgan fingerprint density at radius 1 is 1.39 bits per heavy atom. The number of halogens is 1. The molecule has 0 aliphatic heterocycles. The summed E-state index contributed by atoms with van der Waals surface area (Å²) in [4.78, 5) is 9.00. The molecule has 3 rings (SSSR count). The molecule has 3 nitrogen and oxygen atoms in total. The highest BCUT2D eigenvalue weighted by molar-refractivity contribution is 9.10. The topological polar surface area (TPSA) is 30.7 Å². The standard InChI is InChI=1S/C13H12BrN3S/c1-2-9-6-17(8-15-9)7-12-16-13-10(14)4-3-5-11(13)18-12/h3-6,8H,2,7H2,1H3. The number of hydrogen-bond acceptors (Lipinski definition) is 3. The molecule has 92 valence electrons. The minimum absolute atomic E-state index is 0.790. The molecule has 0 bridgehead atoms. The first kappa shape index (κ1) is 11.9. The van der Waals surface area contributed by atoms with Crippen LogP contribution in [0.2, 0.25) is 0 Å². The fraction of sp³-hybridized carbons (Fsp3) is 0.231. The summed E-state index contributed by atoms with van der Waals surface area (Å²) in [6.45, 7) is 2.90. The van der Waals surface area contributed by atoms with E-state index in [9.17, 15) is 0 Å². The highest BCUT2D eigenvalue weighted by Gasteiger charge is 2.07. The first-order valence-electron chi connectivity index (χ1n) is 5.81. The SMILES string of the molecule is CCc1cn(Cc2nc3c(Br)cccc3s2)cn1. The lowest BCUT2D eigenvalue weighted by Gasteiger charge is -1.96. The molecule has 0 aliphatic rings. The molecule has 0 spiro atoms. The largest absolute Gasteiger partial charge is 0.330 e. The molecule has 0 aliphatic carbocycles. The Kier molecular flexibility index (Phi) is 3.18. The Hall–Kier alpha value is -1.20. The summed E-state index contributed by atoms with van der Waals surface area (Å²) in [5.41, 5.74) is 2.17. The second kappa shape index (κ2) is 4.82. The molecular weight excluding hydrogens is 310 g/mol. The van der Waals surface area contributed by atoms with Gasteiger partial charge in [0.2, 0.25) is 0 Å². The van der Waals surface area contributed by atoms with Crippen molar-refractivity contribution in [2.75, 3.05) is 0 Å². The van der Waals surface area contributed by atoms with Crippen LogP contribution in [0.15, 0.2) is 35.2 Å². The van der Waals surface area contributed by atoms with Crippen molar-refractivity contribution in [2.24, 2.45) is 0 Å². The average Bonchev–Trinajstić information content (AvgIpc) is 2.96. The van der Waals surface area contributed by atoms with Crippen molar-refractivity contribution >= 4 is 37.5 Å². The summed E-state index contributed by atoms with van der Waals surface area (Å²) in [5, 5.41) is 1.11. The number of fused-ring (bicyclic) bond motifs is 1. The van der Waals surface area contributed by atoms with Gasteiger partial charge >= 0.3 is 0 Å². The van der Waals surface area contributed by atoms with E-state index in [2.05, 4.69) is 49.7 Å². The zero-order chi connectivity index (χ0) is 12.5. The molecule has 2 aromatic heterocycles. The second-order valence-corrected chi connectivity index (χ2v) is 6.05. The van der Waals surface area contributed by atoms with Gasteiger partial charge in [0.1, 0.15) is 5.01 Å². The number of rotatable bonds is 3. The van der Waals surface area contributed by atoms with Crippen LogP contribution in [0.4, 0.5) is 0 Å². The van der Waals surface area contributed by atoms with Gasteiger partial charge < -0.3 is 4.57 Å². The lowest BCUT2D eigenvalue weighted by molar-refractivity contribution is 0.791. The van der Waals surface area contributed by atoms with E-state index in [0.717, 1.165) is 33.7 Å². The van der Waals surface area contributed by atoms with Crippen LogP contribution < -0.4 is 0 Å². The van der Waals surface area contributed by atoms with Gasteiger partial charge in [-0.1, -0.05) is 13.0 Å². The maximum absolute atomic E-state index is 4.67. The maximum atomic E-state index is 4.67. The van der Waals surface area contributed by atoms with Crippen molar-refractivity contribution in [1.82, 2.24) is 14.5 Å².